The number of hydrazine groups is 1. The number of amides is 2. The van der Waals surface area contributed by atoms with Gasteiger partial charge >= 0.3 is 0 Å². The predicted octanol–water partition coefficient (Wildman–Crippen LogP) is 3.64. The van der Waals surface area contributed by atoms with E-state index in [0.717, 1.165) is 8.26 Å². The summed E-state index contributed by atoms with van der Waals surface area (Å²) in [5, 5.41) is 4.24. The van der Waals surface area contributed by atoms with Crippen LogP contribution < -0.4 is 10.9 Å². The van der Waals surface area contributed by atoms with E-state index in [1.165, 1.54) is 11.3 Å². The molecule has 0 saturated heterocycles. The summed E-state index contributed by atoms with van der Waals surface area (Å²) in [6.07, 6.45) is 0. The van der Waals surface area contributed by atoms with Crippen molar-refractivity contribution in [2.45, 2.75) is 20.4 Å². The van der Waals surface area contributed by atoms with E-state index in [2.05, 4.69) is 63.7 Å². The maximum Gasteiger partial charge on any atom is 0.289 e. The first-order valence-corrected chi connectivity index (χ1v) is 9.33. The Morgan fingerprint density at radius 2 is 1.91 bits per heavy atom. The maximum atomic E-state index is 12.2. The van der Waals surface area contributed by atoms with E-state index in [4.69, 9.17) is 0 Å². The van der Waals surface area contributed by atoms with Crippen LogP contribution in [0.5, 0.6) is 0 Å². The van der Waals surface area contributed by atoms with Crippen molar-refractivity contribution in [3.05, 3.63) is 35.1 Å². The van der Waals surface area contributed by atoms with Gasteiger partial charge in [0.2, 0.25) is 0 Å². The minimum absolute atomic E-state index is 0.369. The minimum atomic E-state index is -0.433. The first kappa shape index (κ1) is 17.6. The molecule has 0 aliphatic heterocycles. The van der Waals surface area contributed by atoms with Crippen LogP contribution >= 0.6 is 59.1 Å². The Hall–Kier alpha value is -0.710. The summed E-state index contributed by atoms with van der Waals surface area (Å²) in [4.78, 5) is 24.7. The van der Waals surface area contributed by atoms with Gasteiger partial charge in [0.25, 0.3) is 11.8 Å². The third-order valence-corrected chi connectivity index (χ3v) is 6.93. The molecule has 0 bridgehead atoms. The van der Waals surface area contributed by atoms with Crippen molar-refractivity contribution in [2.24, 2.45) is 0 Å². The molecule has 2 rings (SSSR count). The molecule has 2 amide bonds. The summed E-state index contributed by atoms with van der Waals surface area (Å²) < 4.78 is 3.78. The monoisotopic (exact) mass is 512 g/mol. The molecule has 118 valence electrons. The largest absolute Gasteiger partial charge is 0.289 e. The summed E-state index contributed by atoms with van der Waals surface area (Å²) in [5.41, 5.74) is 5.88. The van der Waals surface area contributed by atoms with Crippen LogP contribution in [0.1, 0.15) is 32.8 Å². The van der Waals surface area contributed by atoms with Gasteiger partial charge in [-0.25, -0.2) is 0 Å². The average molecular weight is 515 g/mol. The Balaban J connectivity index is 2.08. The van der Waals surface area contributed by atoms with Crippen LogP contribution in [-0.4, -0.2) is 21.6 Å². The van der Waals surface area contributed by atoms with Crippen LogP contribution in [0, 0.1) is 6.92 Å². The quantitative estimate of drug-likeness (QED) is 0.614. The number of carbonyl (C=O) groups excluding carboxylic acids is 2. The Kier molecular flexibility index (Phi) is 5.81. The second kappa shape index (κ2) is 7.24. The molecule has 2 heterocycles. The van der Waals surface area contributed by atoms with Crippen molar-refractivity contribution in [1.29, 1.82) is 0 Å². The molecule has 0 unspecified atom stereocenters. The molecule has 22 heavy (non-hydrogen) atoms. The van der Waals surface area contributed by atoms with E-state index in [-0.39, 0.29) is 5.91 Å². The molecule has 0 spiro atoms. The van der Waals surface area contributed by atoms with Crippen LogP contribution in [0.3, 0.4) is 0 Å². The molecule has 0 aliphatic carbocycles. The Bertz CT molecular complexity index is 722. The SMILES string of the molecule is CCn1nc(C)c(Br)c1C(=O)NNC(=O)c1cc(Br)c(Br)s1. The Morgan fingerprint density at radius 1 is 1.27 bits per heavy atom. The van der Waals surface area contributed by atoms with E-state index in [0.29, 0.717) is 27.3 Å². The zero-order chi connectivity index (χ0) is 16.4. The van der Waals surface area contributed by atoms with Gasteiger partial charge in [-0.1, -0.05) is 0 Å². The summed E-state index contributed by atoms with van der Waals surface area (Å²) in [5.74, 6) is -0.822. The number of aryl methyl sites for hydroxylation is 2. The summed E-state index contributed by atoms with van der Waals surface area (Å²) in [6, 6.07) is 1.67. The Labute approximate surface area is 156 Å². The molecule has 2 N–H and O–H groups in total. The first-order chi connectivity index (χ1) is 10.3. The topological polar surface area (TPSA) is 76.0 Å². The van der Waals surface area contributed by atoms with E-state index >= 15 is 0 Å². The van der Waals surface area contributed by atoms with E-state index in [1.54, 1.807) is 17.7 Å². The van der Waals surface area contributed by atoms with Crippen LogP contribution in [0.2, 0.25) is 0 Å². The lowest BCUT2D eigenvalue weighted by molar-refractivity contribution is 0.0842. The van der Waals surface area contributed by atoms with Gasteiger partial charge in [0, 0.05) is 11.0 Å². The molecule has 0 fully saturated rings. The van der Waals surface area contributed by atoms with Gasteiger partial charge in [0.05, 0.1) is 18.8 Å². The molecule has 0 aliphatic rings. The highest BCUT2D eigenvalue weighted by Gasteiger charge is 2.20. The van der Waals surface area contributed by atoms with Gasteiger partial charge in [0.15, 0.2) is 0 Å². The summed E-state index contributed by atoms with van der Waals surface area (Å²) >= 11 is 11.2. The number of hydrogen-bond donors (Lipinski definition) is 2. The first-order valence-electron chi connectivity index (χ1n) is 6.13. The standard InChI is InChI=1S/C12H11Br3N4O2S/c1-3-19-9(8(14)5(2)18-19)12(21)17-16-11(20)7-4-6(13)10(15)22-7/h4H,3H2,1-2H3,(H,16,20)(H,17,21). The number of aromatic nitrogens is 2. The van der Waals surface area contributed by atoms with Crippen LogP contribution in [-0.2, 0) is 6.54 Å². The van der Waals surface area contributed by atoms with Crippen LogP contribution in [0.4, 0.5) is 0 Å². The predicted molar refractivity (Wildman–Crippen MR) is 95.0 cm³/mol. The van der Waals surface area contributed by atoms with Crippen molar-refractivity contribution in [1.82, 2.24) is 20.6 Å². The van der Waals surface area contributed by atoms with Crippen molar-refractivity contribution in [2.75, 3.05) is 0 Å². The molecule has 10 heteroatoms. The van der Waals surface area contributed by atoms with Crippen LogP contribution in [0.15, 0.2) is 18.8 Å². The van der Waals surface area contributed by atoms with Gasteiger partial charge in [0.1, 0.15) is 5.69 Å². The number of hydrogen-bond acceptors (Lipinski definition) is 4. The number of thiophene rings is 1. The molecule has 6 nitrogen and oxygen atoms in total. The lowest BCUT2D eigenvalue weighted by Crippen LogP contribution is -2.42. The van der Waals surface area contributed by atoms with Gasteiger partial charge in [-0.15, -0.1) is 11.3 Å². The fourth-order valence-corrected chi connectivity index (χ4v) is 4.09. The third kappa shape index (κ3) is 3.61. The fraction of sp³-hybridized carbons (Fsp3) is 0.250. The molecule has 0 atom stereocenters. The zero-order valence-electron chi connectivity index (χ0n) is 11.5. The van der Waals surface area contributed by atoms with Crippen molar-refractivity contribution < 1.29 is 9.59 Å². The minimum Gasteiger partial charge on any atom is -0.266 e. The fourth-order valence-electron chi connectivity index (χ4n) is 1.70. The summed E-state index contributed by atoms with van der Waals surface area (Å²) in [6.45, 7) is 4.23. The molecule has 0 radical (unpaired) electrons. The van der Waals surface area contributed by atoms with Gasteiger partial charge in [-0.3, -0.25) is 25.1 Å². The smallest absolute Gasteiger partial charge is 0.266 e. The molecular formula is C12H11Br3N4O2S. The van der Waals surface area contributed by atoms with Gasteiger partial charge in [-0.05, 0) is 67.7 Å². The molecular weight excluding hydrogens is 504 g/mol. The number of halogens is 3. The number of carbonyl (C=O) groups is 2. The normalized spacial score (nSPS) is 10.6. The average Bonchev–Trinajstić information content (AvgIpc) is 2.97. The highest BCUT2D eigenvalue weighted by molar-refractivity contribution is 9.13. The summed E-state index contributed by atoms with van der Waals surface area (Å²) in [7, 11) is 0. The second-order valence-corrected chi connectivity index (χ2v) is 8.22. The lowest BCUT2D eigenvalue weighted by atomic mass is 10.3. The van der Waals surface area contributed by atoms with E-state index in [9.17, 15) is 9.59 Å². The van der Waals surface area contributed by atoms with Gasteiger partial charge in [-0.2, -0.15) is 5.10 Å². The molecule has 2 aromatic heterocycles. The van der Waals surface area contributed by atoms with Gasteiger partial charge < -0.3 is 0 Å². The highest BCUT2D eigenvalue weighted by atomic mass is 79.9. The molecule has 0 saturated carbocycles. The van der Waals surface area contributed by atoms with Crippen LogP contribution in [0.25, 0.3) is 0 Å². The highest BCUT2D eigenvalue weighted by Crippen LogP contribution is 2.32. The van der Waals surface area contributed by atoms with E-state index < -0.39 is 5.91 Å². The number of rotatable bonds is 3. The Morgan fingerprint density at radius 3 is 2.45 bits per heavy atom. The lowest BCUT2D eigenvalue weighted by Gasteiger charge is -2.08. The zero-order valence-corrected chi connectivity index (χ0v) is 17.1. The number of nitrogens with zero attached hydrogens (tertiary/aromatic N) is 2. The third-order valence-electron chi connectivity index (χ3n) is 2.73. The molecule has 2 aromatic rings. The maximum absolute atomic E-state index is 12.2. The van der Waals surface area contributed by atoms with Crippen molar-refractivity contribution >= 4 is 70.9 Å². The second-order valence-electron chi connectivity index (χ2n) is 4.20. The van der Waals surface area contributed by atoms with Crippen molar-refractivity contribution in [3.63, 3.8) is 0 Å². The van der Waals surface area contributed by atoms with E-state index in [1.807, 2.05) is 6.92 Å². The van der Waals surface area contributed by atoms with Crippen molar-refractivity contribution in [3.8, 4) is 0 Å². The number of nitrogens with one attached hydrogen (secondary N) is 2. The molecule has 0 aromatic carbocycles.